The standard InChI is InChI=1S/C18H38N2O/c1-6-20(11-8-12-21)15-18(14-19-17(3,4)5)10-7-9-16(2)13-18/h16,19,21H,6-15H2,1-5H3. The minimum absolute atomic E-state index is 0.190. The highest BCUT2D eigenvalue weighted by atomic mass is 16.3. The van der Waals surface area contributed by atoms with Gasteiger partial charge in [-0.15, -0.1) is 0 Å². The highest BCUT2D eigenvalue weighted by Gasteiger charge is 2.36. The second kappa shape index (κ2) is 8.50. The molecule has 0 amide bonds. The fraction of sp³-hybridized carbons (Fsp3) is 1.00. The van der Waals surface area contributed by atoms with Crippen LogP contribution in [0, 0.1) is 11.3 Å². The van der Waals surface area contributed by atoms with E-state index >= 15 is 0 Å². The first-order valence-electron chi connectivity index (χ1n) is 8.88. The molecule has 0 saturated heterocycles. The van der Waals surface area contributed by atoms with Gasteiger partial charge < -0.3 is 15.3 Å². The first kappa shape index (κ1) is 18.9. The van der Waals surface area contributed by atoms with E-state index < -0.39 is 0 Å². The van der Waals surface area contributed by atoms with E-state index in [1.54, 1.807) is 0 Å². The van der Waals surface area contributed by atoms with E-state index in [1.165, 1.54) is 32.2 Å². The number of rotatable bonds is 8. The highest BCUT2D eigenvalue weighted by molar-refractivity contribution is 4.91. The van der Waals surface area contributed by atoms with Crippen molar-refractivity contribution in [1.29, 1.82) is 0 Å². The SMILES string of the molecule is CCN(CCCO)CC1(CNC(C)(C)C)CCCC(C)C1. The Hall–Kier alpha value is -0.120. The number of nitrogens with one attached hydrogen (secondary N) is 1. The molecular formula is C18H38N2O. The molecule has 0 aromatic heterocycles. The molecule has 0 spiro atoms. The molecule has 2 unspecified atom stereocenters. The van der Waals surface area contributed by atoms with Gasteiger partial charge in [-0.1, -0.05) is 26.7 Å². The summed E-state index contributed by atoms with van der Waals surface area (Å²) in [6.07, 6.45) is 6.33. The van der Waals surface area contributed by atoms with Gasteiger partial charge in [0.2, 0.25) is 0 Å². The van der Waals surface area contributed by atoms with Gasteiger partial charge in [0.1, 0.15) is 0 Å². The van der Waals surface area contributed by atoms with E-state index in [2.05, 4.69) is 44.8 Å². The van der Waals surface area contributed by atoms with Crippen LogP contribution in [0.5, 0.6) is 0 Å². The normalized spacial score (nSPS) is 27.3. The van der Waals surface area contributed by atoms with Crippen molar-refractivity contribution >= 4 is 0 Å². The van der Waals surface area contributed by atoms with Gasteiger partial charge in [-0.25, -0.2) is 0 Å². The molecule has 1 saturated carbocycles. The number of hydrogen-bond acceptors (Lipinski definition) is 3. The van der Waals surface area contributed by atoms with E-state index in [0.29, 0.717) is 12.0 Å². The van der Waals surface area contributed by atoms with Crippen LogP contribution in [0.1, 0.15) is 66.7 Å². The van der Waals surface area contributed by atoms with E-state index in [1.807, 2.05) is 0 Å². The molecule has 1 rings (SSSR count). The van der Waals surface area contributed by atoms with Crippen LogP contribution in [0.3, 0.4) is 0 Å². The monoisotopic (exact) mass is 298 g/mol. The quantitative estimate of drug-likeness (QED) is 0.722. The van der Waals surface area contributed by atoms with Crippen LogP contribution in [0.2, 0.25) is 0 Å². The average Bonchev–Trinajstić information content (AvgIpc) is 2.41. The van der Waals surface area contributed by atoms with Crippen molar-refractivity contribution < 1.29 is 5.11 Å². The lowest BCUT2D eigenvalue weighted by atomic mass is 9.69. The molecule has 0 radical (unpaired) electrons. The summed E-state index contributed by atoms with van der Waals surface area (Å²) in [6, 6.07) is 0. The van der Waals surface area contributed by atoms with Gasteiger partial charge >= 0.3 is 0 Å². The molecule has 3 heteroatoms. The first-order chi connectivity index (χ1) is 9.80. The molecule has 1 fully saturated rings. The van der Waals surface area contributed by atoms with Crippen molar-refractivity contribution in [2.24, 2.45) is 11.3 Å². The zero-order valence-corrected chi connectivity index (χ0v) is 15.0. The Labute approximate surface area is 132 Å². The van der Waals surface area contributed by atoms with Crippen LogP contribution in [0.25, 0.3) is 0 Å². The molecule has 1 aliphatic carbocycles. The Morgan fingerprint density at radius 1 is 1.33 bits per heavy atom. The molecule has 0 bridgehead atoms. The van der Waals surface area contributed by atoms with Crippen molar-refractivity contribution in [1.82, 2.24) is 10.2 Å². The summed E-state index contributed by atoms with van der Waals surface area (Å²) in [5.74, 6) is 0.845. The van der Waals surface area contributed by atoms with Crippen LogP contribution in [-0.2, 0) is 0 Å². The minimum atomic E-state index is 0.190. The van der Waals surface area contributed by atoms with Gasteiger partial charge in [0.05, 0.1) is 0 Å². The number of aliphatic hydroxyl groups is 1. The van der Waals surface area contributed by atoms with Crippen LogP contribution >= 0.6 is 0 Å². The summed E-state index contributed by atoms with van der Waals surface area (Å²) < 4.78 is 0. The van der Waals surface area contributed by atoms with Crippen LogP contribution in [0.4, 0.5) is 0 Å². The van der Waals surface area contributed by atoms with E-state index in [9.17, 15) is 0 Å². The first-order valence-corrected chi connectivity index (χ1v) is 8.88. The van der Waals surface area contributed by atoms with Gasteiger partial charge in [0, 0.05) is 31.8 Å². The lowest BCUT2D eigenvalue weighted by molar-refractivity contribution is 0.0727. The zero-order chi connectivity index (χ0) is 15.9. The predicted molar refractivity (Wildman–Crippen MR) is 91.6 cm³/mol. The maximum Gasteiger partial charge on any atom is 0.0443 e. The summed E-state index contributed by atoms with van der Waals surface area (Å²) in [6.45, 7) is 16.2. The molecule has 1 aliphatic rings. The Kier molecular flexibility index (Phi) is 7.66. The Morgan fingerprint density at radius 3 is 2.57 bits per heavy atom. The van der Waals surface area contributed by atoms with Crippen molar-refractivity contribution in [3.05, 3.63) is 0 Å². The Morgan fingerprint density at radius 2 is 2.05 bits per heavy atom. The molecule has 21 heavy (non-hydrogen) atoms. The van der Waals surface area contributed by atoms with Gasteiger partial charge in [0.15, 0.2) is 0 Å². The number of aliphatic hydroxyl groups excluding tert-OH is 1. The zero-order valence-electron chi connectivity index (χ0n) is 15.0. The molecule has 0 aliphatic heterocycles. The van der Waals surface area contributed by atoms with Crippen LogP contribution < -0.4 is 5.32 Å². The third-order valence-corrected chi connectivity index (χ3v) is 4.82. The van der Waals surface area contributed by atoms with Gasteiger partial charge in [-0.3, -0.25) is 0 Å². The minimum Gasteiger partial charge on any atom is -0.396 e. The fourth-order valence-electron chi connectivity index (χ4n) is 3.70. The maximum atomic E-state index is 9.09. The Bertz CT molecular complexity index is 287. The van der Waals surface area contributed by atoms with E-state index in [-0.39, 0.29) is 5.54 Å². The largest absolute Gasteiger partial charge is 0.396 e. The molecule has 0 aromatic rings. The fourth-order valence-corrected chi connectivity index (χ4v) is 3.70. The second-order valence-electron chi connectivity index (χ2n) is 8.25. The molecule has 3 nitrogen and oxygen atoms in total. The van der Waals surface area contributed by atoms with Gasteiger partial charge in [0.25, 0.3) is 0 Å². The average molecular weight is 299 g/mol. The van der Waals surface area contributed by atoms with Gasteiger partial charge in [-0.2, -0.15) is 0 Å². The van der Waals surface area contributed by atoms with E-state index in [4.69, 9.17) is 5.11 Å². The molecule has 126 valence electrons. The van der Waals surface area contributed by atoms with Crippen LogP contribution in [-0.4, -0.2) is 48.3 Å². The van der Waals surface area contributed by atoms with Crippen LogP contribution in [0.15, 0.2) is 0 Å². The number of nitrogens with zero attached hydrogens (tertiary/aromatic N) is 1. The highest BCUT2D eigenvalue weighted by Crippen LogP contribution is 2.40. The maximum absolute atomic E-state index is 9.09. The van der Waals surface area contributed by atoms with Crippen molar-refractivity contribution in [3.63, 3.8) is 0 Å². The lowest BCUT2D eigenvalue weighted by Crippen LogP contribution is -2.50. The predicted octanol–water partition coefficient (Wildman–Crippen LogP) is 3.28. The summed E-state index contributed by atoms with van der Waals surface area (Å²) in [5.41, 5.74) is 0.603. The smallest absolute Gasteiger partial charge is 0.0443 e. The van der Waals surface area contributed by atoms with Gasteiger partial charge in [-0.05, 0) is 57.9 Å². The Balaban J connectivity index is 2.70. The summed E-state index contributed by atoms with van der Waals surface area (Å²) in [5, 5.41) is 12.9. The molecule has 2 N–H and O–H groups in total. The number of hydrogen-bond donors (Lipinski definition) is 2. The molecule has 0 heterocycles. The van der Waals surface area contributed by atoms with Crippen molar-refractivity contribution in [2.75, 3.05) is 32.8 Å². The molecule has 2 atom stereocenters. The van der Waals surface area contributed by atoms with E-state index in [0.717, 1.165) is 32.0 Å². The van der Waals surface area contributed by atoms with Crippen molar-refractivity contribution in [3.8, 4) is 0 Å². The van der Waals surface area contributed by atoms with Crippen molar-refractivity contribution in [2.45, 2.75) is 72.3 Å². The summed E-state index contributed by atoms with van der Waals surface area (Å²) in [7, 11) is 0. The second-order valence-corrected chi connectivity index (χ2v) is 8.25. The third kappa shape index (κ3) is 7.12. The summed E-state index contributed by atoms with van der Waals surface area (Å²) in [4.78, 5) is 2.54. The third-order valence-electron chi connectivity index (χ3n) is 4.82. The molecule has 0 aromatic carbocycles. The summed E-state index contributed by atoms with van der Waals surface area (Å²) >= 11 is 0. The topological polar surface area (TPSA) is 35.5 Å². The lowest BCUT2D eigenvalue weighted by Gasteiger charge is -2.45. The molecular weight excluding hydrogens is 260 g/mol.